The first-order valence-electron chi connectivity index (χ1n) is 14.3. The Morgan fingerprint density at radius 2 is 1.93 bits per heavy atom. The van der Waals surface area contributed by atoms with Gasteiger partial charge in [0.1, 0.15) is 12.6 Å². The Bertz CT molecular complexity index is 1660. The van der Waals surface area contributed by atoms with Gasteiger partial charge in [-0.2, -0.15) is 5.26 Å². The van der Waals surface area contributed by atoms with Crippen molar-refractivity contribution in [3.63, 3.8) is 0 Å². The van der Waals surface area contributed by atoms with Gasteiger partial charge in [0.25, 0.3) is 6.43 Å². The number of benzene rings is 2. The molecule has 4 rings (SSSR count). The molecule has 2 atom stereocenters. The van der Waals surface area contributed by atoms with E-state index >= 15 is 0 Å². The van der Waals surface area contributed by atoms with Gasteiger partial charge in [-0.3, -0.25) is 4.90 Å². The van der Waals surface area contributed by atoms with E-state index < -0.39 is 30.3 Å². The number of carbonyl (C=O) groups is 1. The third-order valence-corrected chi connectivity index (χ3v) is 7.85. The zero-order chi connectivity index (χ0) is 32.9. The van der Waals surface area contributed by atoms with Gasteiger partial charge >= 0.3 is 11.7 Å². The smallest absolute Gasteiger partial charge is 0.345 e. The van der Waals surface area contributed by atoms with Gasteiger partial charge in [-0.15, -0.1) is 5.10 Å². The van der Waals surface area contributed by atoms with Crippen LogP contribution in [0.3, 0.4) is 0 Å². The SMILES string of the molecule is COC(=O)C1=C(C)N(c2cccc(C(F)C(F)F)c2)c2n[nH]c(=O)n2C1c1ccc(C#N)cc1CC[N+](C)(C)CCOCCO. The van der Waals surface area contributed by atoms with Crippen LogP contribution in [0, 0.1) is 11.3 Å². The fourth-order valence-electron chi connectivity index (χ4n) is 5.41. The number of aliphatic hydroxyl groups excluding tert-OH is 1. The lowest BCUT2D eigenvalue weighted by Gasteiger charge is -2.36. The van der Waals surface area contributed by atoms with Crippen molar-refractivity contribution >= 4 is 17.6 Å². The number of anilines is 2. The van der Waals surface area contributed by atoms with Gasteiger partial charge < -0.3 is 19.1 Å². The summed E-state index contributed by atoms with van der Waals surface area (Å²) in [6.07, 6.45) is -5.33. The minimum atomic E-state index is -3.25. The quantitative estimate of drug-likeness (QED) is 0.167. The summed E-state index contributed by atoms with van der Waals surface area (Å²) in [5, 5.41) is 25.3. The summed E-state index contributed by atoms with van der Waals surface area (Å²) in [5.74, 6) is -0.701. The lowest BCUT2D eigenvalue weighted by Crippen LogP contribution is -2.44. The van der Waals surface area contributed by atoms with Crippen LogP contribution in [-0.2, 0) is 20.7 Å². The average Bonchev–Trinajstić information content (AvgIpc) is 3.41. The highest BCUT2D eigenvalue weighted by Crippen LogP contribution is 2.43. The molecular formula is C31H36F3N6O5+. The molecule has 3 aromatic rings. The van der Waals surface area contributed by atoms with Gasteiger partial charge in [0, 0.05) is 17.8 Å². The van der Waals surface area contributed by atoms with Gasteiger partial charge in [0.2, 0.25) is 5.95 Å². The van der Waals surface area contributed by atoms with E-state index in [0.29, 0.717) is 47.3 Å². The molecule has 11 nitrogen and oxygen atoms in total. The molecule has 1 aliphatic rings. The fraction of sp³-hybridized carbons (Fsp3) is 0.419. The van der Waals surface area contributed by atoms with E-state index in [-0.39, 0.29) is 41.7 Å². The van der Waals surface area contributed by atoms with Gasteiger partial charge in [0.05, 0.1) is 64.8 Å². The lowest BCUT2D eigenvalue weighted by molar-refractivity contribution is -0.890. The summed E-state index contributed by atoms with van der Waals surface area (Å²) in [6, 6.07) is 11.5. The van der Waals surface area contributed by atoms with E-state index in [1.165, 1.54) is 40.8 Å². The number of esters is 1. The van der Waals surface area contributed by atoms with Gasteiger partial charge in [0.15, 0.2) is 6.17 Å². The van der Waals surface area contributed by atoms with Crippen molar-refractivity contribution in [3.05, 3.63) is 86.5 Å². The van der Waals surface area contributed by atoms with Crippen LogP contribution in [0.4, 0.5) is 24.8 Å². The van der Waals surface area contributed by atoms with Gasteiger partial charge in [-0.25, -0.2) is 32.4 Å². The Balaban J connectivity index is 1.85. The van der Waals surface area contributed by atoms with Crippen molar-refractivity contribution < 1.29 is 37.0 Å². The number of hydrogen-bond acceptors (Lipinski definition) is 8. The summed E-state index contributed by atoms with van der Waals surface area (Å²) in [5.41, 5.74) is 1.28. The topological polar surface area (TPSA) is 133 Å². The first kappa shape index (κ1) is 33.4. The number of nitrogens with zero attached hydrogens (tertiary/aromatic N) is 5. The molecule has 2 heterocycles. The van der Waals surface area contributed by atoms with Crippen molar-refractivity contribution in [2.24, 2.45) is 0 Å². The molecule has 240 valence electrons. The van der Waals surface area contributed by atoms with Gasteiger partial charge in [-0.1, -0.05) is 18.2 Å². The first-order valence-corrected chi connectivity index (χ1v) is 14.3. The average molecular weight is 630 g/mol. The number of rotatable bonds is 13. The molecule has 0 fully saturated rings. The van der Waals surface area contributed by atoms with E-state index in [4.69, 9.17) is 14.6 Å². The summed E-state index contributed by atoms with van der Waals surface area (Å²) < 4.78 is 53.2. The van der Waals surface area contributed by atoms with E-state index in [2.05, 4.69) is 16.3 Å². The number of carbonyl (C=O) groups excluding carboxylic acids is 1. The second-order valence-corrected chi connectivity index (χ2v) is 11.3. The van der Waals surface area contributed by atoms with Crippen LogP contribution in [0.1, 0.15) is 41.4 Å². The molecule has 0 radical (unpaired) electrons. The van der Waals surface area contributed by atoms with Crippen LogP contribution < -0.4 is 10.6 Å². The second kappa shape index (κ2) is 14.1. The van der Waals surface area contributed by atoms with Crippen LogP contribution in [-0.4, -0.2) is 90.9 Å². The Morgan fingerprint density at radius 1 is 1.18 bits per heavy atom. The largest absolute Gasteiger partial charge is 0.466 e. The van der Waals surface area contributed by atoms with E-state index in [1.54, 1.807) is 25.1 Å². The molecule has 2 N–H and O–H groups in total. The Labute approximate surface area is 258 Å². The third kappa shape index (κ3) is 7.11. The number of alkyl halides is 3. The second-order valence-electron chi connectivity index (χ2n) is 11.3. The maximum atomic E-state index is 14.3. The number of fused-ring (bicyclic) bond motifs is 1. The number of methoxy groups -OCH3 is 1. The van der Waals surface area contributed by atoms with Crippen LogP contribution in [0.25, 0.3) is 0 Å². The first-order chi connectivity index (χ1) is 21.4. The van der Waals surface area contributed by atoms with E-state index in [1.807, 2.05) is 14.1 Å². The molecule has 0 aliphatic carbocycles. The minimum Gasteiger partial charge on any atom is -0.466 e. The number of likely N-dealkylation sites (N-methyl/N-ethyl adjacent to an activating group) is 1. The predicted molar refractivity (Wildman–Crippen MR) is 159 cm³/mol. The Kier molecular flexibility index (Phi) is 10.5. The predicted octanol–water partition coefficient (Wildman–Crippen LogP) is 3.53. The fourth-order valence-corrected chi connectivity index (χ4v) is 5.41. The molecule has 2 aromatic carbocycles. The Hall–Kier alpha value is -4.45. The molecule has 45 heavy (non-hydrogen) atoms. The van der Waals surface area contributed by atoms with Crippen LogP contribution in [0.15, 0.2) is 58.5 Å². The summed E-state index contributed by atoms with van der Waals surface area (Å²) in [4.78, 5) is 28.3. The highest BCUT2D eigenvalue weighted by molar-refractivity contribution is 5.93. The number of halogens is 3. The number of aromatic amines is 1. The number of quaternary nitrogens is 1. The highest BCUT2D eigenvalue weighted by Gasteiger charge is 2.40. The normalized spacial score (nSPS) is 15.6. The number of H-pyrrole nitrogens is 1. The molecular weight excluding hydrogens is 593 g/mol. The van der Waals surface area contributed by atoms with Crippen LogP contribution in [0.5, 0.6) is 0 Å². The minimum absolute atomic E-state index is 0.0483. The van der Waals surface area contributed by atoms with Crippen molar-refractivity contribution in [2.75, 3.05) is 59.0 Å². The summed E-state index contributed by atoms with van der Waals surface area (Å²) in [7, 11) is 5.23. The standard InChI is InChI=1S/C31H35F3N6O5/c1-19-25(29(42)44-4)27(24-9-8-20(18-35)16-21(24)10-11-40(2,3)12-14-45-15-13-41)39-30(36-37-31(39)43)38(19)23-7-5-6-22(17-23)26(32)28(33)34/h5-9,16-17,26-28,41H,10-15H2,1-4H3/p+1. The highest BCUT2D eigenvalue weighted by atomic mass is 19.3. The molecule has 1 aliphatic heterocycles. The van der Waals surface area contributed by atoms with Crippen molar-refractivity contribution in [1.82, 2.24) is 14.8 Å². The maximum absolute atomic E-state index is 14.3. The number of nitrogens with one attached hydrogen (secondary N) is 1. The van der Waals surface area contributed by atoms with E-state index in [9.17, 15) is 28.0 Å². The number of hydrogen-bond donors (Lipinski definition) is 2. The molecule has 14 heteroatoms. The summed E-state index contributed by atoms with van der Waals surface area (Å²) >= 11 is 0. The number of nitriles is 1. The molecule has 0 amide bonds. The number of allylic oxidation sites excluding steroid dienone is 1. The van der Waals surface area contributed by atoms with Crippen molar-refractivity contribution in [2.45, 2.75) is 32.0 Å². The monoisotopic (exact) mass is 629 g/mol. The van der Waals surface area contributed by atoms with Crippen LogP contribution in [0.2, 0.25) is 0 Å². The van der Waals surface area contributed by atoms with Gasteiger partial charge in [-0.05, 0) is 47.9 Å². The molecule has 0 bridgehead atoms. The molecule has 0 saturated heterocycles. The zero-order valence-electron chi connectivity index (χ0n) is 25.5. The van der Waals surface area contributed by atoms with Crippen molar-refractivity contribution in [3.8, 4) is 6.07 Å². The lowest BCUT2D eigenvalue weighted by atomic mass is 9.89. The van der Waals surface area contributed by atoms with Crippen LogP contribution >= 0.6 is 0 Å². The molecule has 1 aromatic heterocycles. The molecule has 0 saturated carbocycles. The number of aliphatic hydroxyl groups is 1. The van der Waals surface area contributed by atoms with E-state index in [0.717, 1.165) is 0 Å². The number of ether oxygens (including phenoxy) is 2. The number of aromatic nitrogens is 3. The third-order valence-electron chi connectivity index (χ3n) is 7.85. The maximum Gasteiger partial charge on any atom is 0.345 e. The zero-order valence-corrected chi connectivity index (χ0v) is 25.5. The molecule has 2 unspecified atom stereocenters. The summed E-state index contributed by atoms with van der Waals surface area (Å²) in [6.45, 7) is 3.45. The van der Waals surface area contributed by atoms with Crippen molar-refractivity contribution in [1.29, 1.82) is 5.26 Å². The molecule has 0 spiro atoms. The Morgan fingerprint density at radius 3 is 2.60 bits per heavy atom.